The number of anilines is 1. The first-order chi connectivity index (χ1) is 7.74. The molecule has 4 heteroatoms. The SMILES string of the molecule is CN1CCCC1c1cn2ccc(N)cc2n1. The Hall–Kier alpha value is -1.55. The lowest BCUT2D eigenvalue weighted by atomic mass is 10.2. The van der Waals surface area contributed by atoms with Gasteiger partial charge in [-0.2, -0.15) is 0 Å². The molecule has 3 heterocycles. The summed E-state index contributed by atoms with van der Waals surface area (Å²) >= 11 is 0. The molecule has 16 heavy (non-hydrogen) atoms. The maximum atomic E-state index is 5.75. The van der Waals surface area contributed by atoms with Gasteiger partial charge in [0.1, 0.15) is 5.65 Å². The van der Waals surface area contributed by atoms with E-state index in [1.54, 1.807) is 0 Å². The molecule has 1 aliphatic heterocycles. The molecule has 0 radical (unpaired) electrons. The first-order valence-corrected chi connectivity index (χ1v) is 5.68. The summed E-state index contributed by atoms with van der Waals surface area (Å²) in [7, 11) is 2.16. The zero-order chi connectivity index (χ0) is 11.1. The van der Waals surface area contributed by atoms with E-state index in [0.29, 0.717) is 6.04 Å². The highest BCUT2D eigenvalue weighted by molar-refractivity contribution is 5.52. The minimum atomic E-state index is 0.473. The van der Waals surface area contributed by atoms with E-state index in [9.17, 15) is 0 Å². The molecule has 0 amide bonds. The molecule has 0 aromatic carbocycles. The maximum Gasteiger partial charge on any atom is 0.139 e. The average Bonchev–Trinajstić information content (AvgIpc) is 2.82. The molecule has 1 saturated heterocycles. The van der Waals surface area contributed by atoms with E-state index < -0.39 is 0 Å². The second kappa shape index (κ2) is 3.49. The third kappa shape index (κ3) is 1.46. The lowest BCUT2D eigenvalue weighted by molar-refractivity contribution is 0.313. The van der Waals surface area contributed by atoms with Crippen molar-refractivity contribution in [3.05, 3.63) is 30.2 Å². The highest BCUT2D eigenvalue weighted by Crippen LogP contribution is 2.29. The average molecular weight is 216 g/mol. The van der Waals surface area contributed by atoms with Gasteiger partial charge < -0.3 is 10.1 Å². The van der Waals surface area contributed by atoms with Crippen LogP contribution in [0.3, 0.4) is 0 Å². The Morgan fingerprint density at radius 1 is 1.50 bits per heavy atom. The van der Waals surface area contributed by atoms with Gasteiger partial charge in [0.2, 0.25) is 0 Å². The zero-order valence-corrected chi connectivity index (χ0v) is 9.43. The Labute approximate surface area is 94.7 Å². The molecule has 2 aromatic rings. The van der Waals surface area contributed by atoms with Crippen molar-refractivity contribution in [2.75, 3.05) is 19.3 Å². The van der Waals surface area contributed by atoms with Gasteiger partial charge in [0.25, 0.3) is 0 Å². The topological polar surface area (TPSA) is 46.6 Å². The minimum Gasteiger partial charge on any atom is -0.399 e. The van der Waals surface area contributed by atoms with Gasteiger partial charge in [0.05, 0.1) is 11.7 Å². The second-order valence-electron chi connectivity index (χ2n) is 4.53. The summed E-state index contributed by atoms with van der Waals surface area (Å²) in [6.07, 6.45) is 6.55. The number of hydrogen-bond acceptors (Lipinski definition) is 3. The Morgan fingerprint density at radius 2 is 2.38 bits per heavy atom. The largest absolute Gasteiger partial charge is 0.399 e. The van der Waals surface area contributed by atoms with Gasteiger partial charge in [-0.1, -0.05) is 0 Å². The zero-order valence-electron chi connectivity index (χ0n) is 9.43. The number of nitrogens with two attached hydrogens (primary N) is 1. The number of fused-ring (bicyclic) bond motifs is 1. The summed E-state index contributed by atoms with van der Waals surface area (Å²) in [5, 5.41) is 0. The summed E-state index contributed by atoms with van der Waals surface area (Å²) in [5.41, 5.74) is 8.62. The molecule has 0 saturated carbocycles. The third-order valence-corrected chi connectivity index (χ3v) is 3.36. The van der Waals surface area contributed by atoms with E-state index in [-0.39, 0.29) is 0 Å². The quantitative estimate of drug-likeness (QED) is 0.789. The summed E-state index contributed by atoms with van der Waals surface area (Å²) < 4.78 is 2.04. The normalized spacial score (nSPS) is 21.9. The van der Waals surface area contributed by atoms with Gasteiger partial charge >= 0.3 is 0 Å². The van der Waals surface area contributed by atoms with Crippen LogP contribution in [0, 0.1) is 0 Å². The third-order valence-electron chi connectivity index (χ3n) is 3.36. The molecule has 0 spiro atoms. The van der Waals surface area contributed by atoms with E-state index in [0.717, 1.165) is 17.0 Å². The summed E-state index contributed by atoms with van der Waals surface area (Å²) in [4.78, 5) is 7.01. The lowest BCUT2D eigenvalue weighted by Crippen LogP contribution is -2.17. The highest BCUT2D eigenvalue weighted by atomic mass is 15.2. The standard InChI is InChI=1S/C12H16N4/c1-15-5-2-3-11(15)10-8-16-6-4-9(13)7-12(16)14-10/h4,6-8,11H,2-3,5,13H2,1H3. The first-order valence-electron chi connectivity index (χ1n) is 5.68. The van der Waals surface area contributed by atoms with Crippen LogP contribution in [0.15, 0.2) is 24.5 Å². The molecular weight excluding hydrogens is 200 g/mol. The number of likely N-dealkylation sites (tertiary alicyclic amines) is 1. The molecule has 1 atom stereocenters. The van der Waals surface area contributed by atoms with Crippen molar-refractivity contribution in [3.8, 4) is 0 Å². The highest BCUT2D eigenvalue weighted by Gasteiger charge is 2.24. The fourth-order valence-corrected chi connectivity index (χ4v) is 2.46. The number of pyridine rings is 1. The smallest absolute Gasteiger partial charge is 0.139 e. The van der Waals surface area contributed by atoms with E-state index in [1.807, 2.05) is 22.7 Å². The molecule has 84 valence electrons. The van der Waals surface area contributed by atoms with E-state index >= 15 is 0 Å². The fraction of sp³-hybridized carbons (Fsp3) is 0.417. The summed E-state index contributed by atoms with van der Waals surface area (Å²) in [6.45, 7) is 1.17. The number of aromatic nitrogens is 2. The number of imidazole rings is 1. The monoisotopic (exact) mass is 216 g/mol. The van der Waals surface area contributed by atoms with Crippen molar-refractivity contribution >= 4 is 11.3 Å². The summed E-state index contributed by atoms with van der Waals surface area (Å²) in [5.74, 6) is 0. The van der Waals surface area contributed by atoms with Crippen molar-refractivity contribution in [1.82, 2.24) is 14.3 Å². The predicted molar refractivity (Wildman–Crippen MR) is 64.2 cm³/mol. The maximum absolute atomic E-state index is 5.75. The fourth-order valence-electron chi connectivity index (χ4n) is 2.46. The molecule has 1 unspecified atom stereocenters. The second-order valence-corrected chi connectivity index (χ2v) is 4.53. The Bertz CT molecular complexity index is 517. The Balaban J connectivity index is 2.04. The van der Waals surface area contributed by atoms with Crippen LogP contribution in [0.1, 0.15) is 24.6 Å². The first kappa shape index (κ1) is 9.66. The molecule has 0 aliphatic carbocycles. The van der Waals surface area contributed by atoms with E-state index in [1.165, 1.54) is 19.4 Å². The van der Waals surface area contributed by atoms with Crippen molar-refractivity contribution in [3.63, 3.8) is 0 Å². The molecule has 2 N–H and O–H groups in total. The van der Waals surface area contributed by atoms with Crippen molar-refractivity contribution in [1.29, 1.82) is 0 Å². The van der Waals surface area contributed by atoms with Crippen LogP contribution in [0.25, 0.3) is 5.65 Å². The molecule has 1 fully saturated rings. The van der Waals surface area contributed by atoms with Crippen molar-refractivity contribution in [2.45, 2.75) is 18.9 Å². The molecule has 1 aliphatic rings. The number of nitrogen functional groups attached to an aromatic ring is 1. The molecule has 2 aromatic heterocycles. The van der Waals surface area contributed by atoms with Crippen LogP contribution in [-0.4, -0.2) is 27.9 Å². The Morgan fingerprint density at radius 3 is 3.12 bits per heavy atom. The lowest BCUT2D eigenvalue weighted by Gasteiger charge is -2.16. The predicted octanol–water partition coefficient (Wildman–Crippen LogP) is 1.68. The van der Waals surface area contributed by atoms with Crippen LogP contribution >= 0.6 is 0 Å². The summed E-state index contributed by atoms with van der Waals surface area (Å²) in [6, 6.07) is 4.29. The van der Waals surface area contributed by atoms with E-state index in [4.69, 9.17) is 5.73 Å². The molecule has 3 rings (SSSR count). The van der Waals surface area contributed by atoms with Crippen molar-refractivity contribution in [2.24, 2.45) is 0 Å². The van der Waals surface area contributed by atoms with Gasteiger partial charge in [0, 0.05) is 24.1 Å². The van der Waals surface area contributed by atoms with E-state index in [2.05, 4.69) is 23.1 Å². The minimum absolute atomic E-state index is 0.473. The van der Waals surface area contributed by atoms with Gasteiger partial charge in [-0.25, -0.2) is 4.98 Å². The number of rotatable bonds is 1. The van der Waals surface area contributed by atoms with Crippen LogP contribution < -0.4 is 5.73 Å². The van der Waals surface area contributed by atoms with Gasteiger partial charge in [0.15, 0.2) is 0 Å². The van der Waals surface area contributed by atoms with Crippen LogP contribution in [0.5, 0.6) is 0 Å². The van der Waals surface area contributed by atoms with Gasteiger partial charge in [-0.05, 0) is 32.5 Å². The molecular formula is C12H16N4. The van der Waals surface area contributed by atoms with Gasteiger partial charge in [-0.3, -0.25) is 4.90 Å². The number of hydrogen-bond donors (Lipinski definition) is 1. The Kier molecular flexibility index (Phi) is 2.11. The molecule has 0 bridgehead atoms. The number of nitrogens with zero attached hydrogens (tertiary/aromatic N) is 3. The van der Waals surface area contributed by atoms with Crippen molar-refractivity contribution < 1.29 is 0 Å². The molecule has 4 nitrogen and oxygen atoms in total. The van der Waals surface area contributed by atoms with Crippen LogP contribution in [-0.2, 0) is 0 Å². The van der Waals surface area contributed by atoms with Crippen LogP contribution in [0.4, 0.5) is 5.69 Å². The van der Waals surface area contributed by atoms with Crippen LogP contribution in [0.2, 0.25) is 0 Å². The van der Waals surface area contributed by atoms with Gasteiger partial charge in [-0.15, -0.1) is 0 Å².